The van der Waals surface area contributed by atoms with Crippen LogP contribution in [0.15, 0.2) is 46.4 Å². The summed E-state index contributed by atoms with van der Waals surface area (Å²) in [4.78, 5) is 0.0672. The van der Waals surface area contributed by atoms with Crippen LogP contribution in [0.2, 0.25) is 0 Å². The van der Waals surface area contributed by atoms with Crippen LogP contribution in [-0.4, -0.2) is 39.2 Å². The second-order valence-electron chi connectivity index (χ2n) is 5.74. The Hall–Kier alpha value is -2.78. The molecule has 9 heteroatoms. The number of rotatable bonds is 5. The zero-order valence-electron chi connectivity index (χ0n) is 14.0. The Morgan fingerprint density at radius 3 is 2.73 bits per heavy atom. The molecule has 8 nitrogen and oxygen atoms in total. The van der Waals surface area contributed by atoms with Gasteiger partial charge in [-0.25, -0.2) is 0 Å². The lowest BCUT2D eigenvalue weighted by Crippen LogP contribution is -2.34. The molecule has 0 fully saturated rings. The molecular formula is C17H18N2O6S. The van der Waals surface area contributed by atoms with Crippen molar-refractivity contribution in [3.05, 3.63) is 47.5 Å². The Balaban J connectivity index is 1.73. The van der Waals surface area contributed by atoms with E-state index < -0.39 is 16.2 Å². The third-order valence-electron chi connectivity index (χ3n) is 3.81. The number of hydrogen-bond donors (Lipinski definition) is 2. The Labute approximate surface area is 150 Å². The zero-order valence-corrected chi connectivity index (χ0v) is 14.8. The minimum atomic E-state index is -3.91. The van der Waals surface area contributed by atoms with Crippen LogP contribution < -0.4 is 15.2 Å². The van der Waals surface area contributed by atoms with Crippen molar-refractivity contribution in [1.82, 2.24) is 0 Å². The van der Waals surface area contributed by atoms with Crippen LogP contribution in [0.1, 0.15) is 11.1 Å². The lowest BCUT2D eigenvalue weighted by Gasteiger charge is -2.27. The van der Waals surface area contributed by atoms with Gasteiger partial charge in [0.05, 0.1) is 16.7 Å². The molecule has 138 valence electrons. The fourth-order valence-corrected chi connectivity index (χ4v) is 3.36. The molecular weight excluding hydrogens is 360 g/mol. The number of nitrogen functional groups attached to an aromatic ring is 1. The van der Waals surface area contributed by atoms with Crippen molar-refractivity contribution in [3.63, 3.8) is 0 Å². The monoisotopic (exact) mass is 378 g/mol. The topological polar surface area (TPSA) is 120 Å². The van der Waals surface area contributed by atoms with Gasteiger partial charge in [-0.3, -0.25) is 4.18 Å². The first kappa shape index (κ1) is 18.0. The second kappa shape index (κ2) is 7.22. The highest BCUT2D eigenvalue weighted by molar-refractivity contribution is 7.86. The van der Waals surface area contributed by atoms with Gasteiger partial charge in [-0.15, -0.1) is 0 Å². The number of nitrogens with two attached hydrogens (primary N) is 1. The fourth-order valence-electron chi connectivity index (χ4n) is 2.42. The smallest absolute Gasteiger partial charge is 0.297 e. The summed E-state index contributed by atoms with van der Waals surface area (Å²) in [5, 5.41) is 11.7. The lowest BCUT2D eigenvalue weighted by atomic mass is 10.1. The van der Waals surface area contributed by atoms with Gasteiger partial charge in [-0.05, 0) is 31.2 Å². The molecule has 2 aromatic carbocycles. The summed E-state index contributed by atoms with van der Waals surface area (Å²) in [7, 11) is -3.91. The molecule has 0 radical (unpaired) electrons. The summed E-state index contributed by atoms with van der Waals surface area (Å²) in [6, 6.07) is 9.56. The third kappa shape index (κ3) is 3.73. The number of benzene rings is 2. The first-order chi connectivity index (χ1) is 12.4. The van der Waals surface area contributed by atoms with Gasteiger partial charge in [0.2, 0.25) is 0 Å². The van der Waals surface area contributed by atoms with Gasteiger partial charge < -0.3 is 20.4 Å². The molecule has 1 aliphatic rings. The highest BCUT2D eigenvalue weighted by Crippen LogP contribution is 2.37. The van der Waals surface area contributed by atoms with Crippen LogP contribution >= 0.6 is 0 Å². The summed E-state index contributed by atoms with van der Waals surface area (Å²) < 4.78 is 40.9. The summed E-state index contributed by atoms with van der Waals surface area (Å²) in [5.74, 6) is 0.696. The summed E-state index contributed by atoms with van der Waals surface area (Å²) in [6.45, 7) is 1.73. The normalized spacial score (nSPS) is 16.7. The molecule has 3 rings (SSSR count). The maximum atomic E-state index is 12.3. The average Bonchev–Trinajstić information content (AvgIpc) is 2.63. The molecule has 0 amide bonds. The molecule has 0 saturated heterocycles. The standard InChI is InChI=1S/C17H18N2O6S/c1-11-2-4-13(5-3-11)26(21,22)24-10-12-9-23-16-7-6-15(18)14(8-19-20)17(16)25-12/h2-8,12,20H,9-10,18H2,1H3/b19-8+/t12-/m1/s1. The Kier molecular flexibility index (Phi) is 5.01. The van der Waals surface area contributed by atoms with Crippen LogP contribution in [-0.2, 0) is 14.3 Å². The summed E-state index contributed by atoms with van der Waals surface area (Å²) in [6.07, 6.45) is 0.458. The average molecular weight is 378 g/mol. The van der Waals surface area contributed by atoms with Gasteiger partial charge in [0.25, 0.3) is 10.1 Å². The predicted octanol–water partition coefficient (Wildman–Crippen LogP) is 1.93. The van der Waals surface area contributed by atoms with E-state index in [1.54, 1.807) is 24.3 Å². The molecule has 0 bridgehead atoms. The first-order valence-corrected chi connectivity index (χ1v) is 9.17. The van der Waals surface area contributed by atoms with Crippen molar-refractivity contribution in [2.45, 2.75) is 17.9 Å². The van der Waals surface area contributed by atoms with Crippen LogP contribution in [0.5, 0.6) is 11.5 Å². The molecule has 2 aromatic rings. The van der Waals surface area contributed by atoms with Gasteiger partial charge in [0.1, 0.15) is 13.2 Å². The van der Waals surface area contributed by atoms with Gasteiger partial charge in [-0.1, -0.05) is 22.9 Å². The van der Waals surface area contributed by atoms with E-state index in [9.17, 15) is 8.42 Å². The van der Waals surface area contributed by atoms with E-state index >= 15 is 0 Å². The number of nitrogens with zero attached hydrogens (tertiary/aromatic N) is 1. The van der Waals surface area contributed by atoms with E-state index in [1.807, 2.05) is 6.92 Å². The lowest BCUT2D eigenvalue weighted by molar-refractivity contribution is 0.0554. The number of hydrogen-bond acceptors (Lipinski definition) is 8. The quantitative estimate of drug-likeness (QED) is 0.268. The van der Waals surface area contributed by atoms with E-state index in [0.29, 0.717) is 17.0 Å². The molecule has 1 atom stereocenters. The van der Waals surface area contributed by atoms with Crippen molar-refractivity contribution >= 4 is 22.0 Å². The first-order valence-electron chi connectivity index (χ1n) is 7.76. The number of fused-ring (bicyclic) bond motifs is 1. The minimum absolute atomic E-state index is 0.0672. The Morgan fingerprint density at radius 2 is 2.04 bits per heavy atom. The van der Waals surface area contributed by atoms with Crippen LogP contribution in [0.3, 0.4) is 0 Å². The molecule has 0 saturated carbocycles. The number of anilines is 1. The zero-order chi connectivity index (χ0) is 18.7. The number of oxime groups is 1. The largest absolute Gasteiger partial charge is 0.486 e. The van der Waals surface area contributed by atoms with Gasteiger partial charge in [0.15, 0.2) is 17.6 Å². The molecule has 0 aliphatic carbocycles. The molecule has 0 aromatic heterocycles. The molecule has 26 heavy (non-hydrogen) atoms. The highest BCUT2D eigenvalue weighted by Gasteiger charge is 2.27. The molecule has 1 heterocycles. The van der Waals surface area contributed by atoms with Gasteiger partial charge in [-0.2, -0.15) is 8.42 Å². The van der Waals surface area contributed by atoms with E-state index in [0.717, 1.165) is 11.8 Å². The van der Waals surface area contributed by atoms with Crippen molar-refractivity contribution in [1.29, 1.82) is 0 Å². The maximum Gasteiger partial charge on any atom is 0.297 e. The van der Waals surface area contributed by atoms with Crippen molar-refractivity contribution in [3.8, 4) is 11.5 Å². The third-order valence-corrected chi connectivity index (χ3v) is 5.10. The van der Waals surface area contributed by atoms with Crippen LogP contribution in [0.4, 0.5) is 5.69 Å². The maximum absolute atomic E-state index is 12.3. The van der Waals surface area contributed by atoms with Crippen molar-refractivity contribution in [2.75, 3.05) is 18.9 Å². The van der Waals surface area contributed by atoms with Crippen LogP contribution in [0.25, 0.3) is 0 Å². The van der Waals surface area contributed by atoms with E-state index in [2.05, 4.69) is 5.16 Å². The fraction of sp³-hybridized carbons (Fsp3) is 0.235. The SMILES string of the molecule is Cc1ccc(S(=O)(=O)OC[C@H]2COc3ccc(N)c(/C=N/O)c3O2)cc1. The van der Waals surface area contributed by atoms with E-state index in [1.165, 1.54) is 12.1 Å². The van der Waals surface area contributed by atoms with Gasteiger partial charge >= 0.3 is 0 Å². The summed E-state index contributed by atoms with van der Waals surface area (Å²) >= 11 is 0. The number of aryl methyl sites for hydroxylation is 1. The number of ether oxygens (including phenoxy) is 2. The molecule has 0 unspecified atom stereocenters. The van der Waals surface area contributed by atoms with Crippen LogP contribution in [0, 0.1) is 6.92 Å². The molecule has 1 aliphatic heterocycles. The van der Waals surface area contributed by atoms with Crippen molar-refractivity contribution in [2.24, 2.45) is 5.16 Å². The van der Waals surface area contributed by atoms with Gasteiger partial charge in [0, 0.05) is 5.69 Å². The van der Waals surface area contributed by atoms with E-state index in [-0.39, 0.29) is 23.9 Å². The minimum Gasteiger partial charge on any atom is -0.486 e. The summed E-state index contributed by atoms with van der Waals surface area (Å²) in [5.41, 5.74) is 7.46. The Bertz CT molecular complexity index is 925. The molecule has 0 spiro atoms. The second-order valence-corrected chi connectivity index (χ2v) is 7.36. The van der Waals surface area contributed by atoms with E-state index in [4.69, 9.17) is 24.6 Å². The highest BCUT2D eigenvalue weighted by atomic mass is 32.2. The van der Waals surface area contributed by atoms with Crippen molar-refractivity contribution < 1.29 is 27.3 Å². The Morgan fingerprint density at radius 1 is 1.31 bits per heavy atom. The predicted molar refractivity (Wildman–Crippen MR) is 94.5 cm³/mol. The molecule has 3 N–H and O–H groups in total.